The summed E-state index contributed by atoms with van der Waals surface area (Å²) in [6.07, 6.45) is 2.43. The van der Waals surface area contributed by atoms with Crippen LogP contribution in [0.5, 0.6) is 11.5 Å². The van der Waals surface area contributed by atoms with Gasteiger partial charge in [0.25, 0.3) is 0 Å². The number of nitrogens with zero attached hydrogens (tertiary/aromatic N) is 1. The molecule has 20 heavy (non-hydrogen) atoms. The van der Waals surface area contributed by atoms with Crippen LogP contribution in [-0.2, 0) is 4.74 Å². The van der Waals surface area contributed by atoms with Crippen LogP contribution in [0.3, 0.4) is 0 Å². The highest BCUT2D eigenvalue weighted by Crippen LogP contribution is 2.37. The van der Waals surface area contributed by atoms with Crippen LogP contribution in [-0.4, -0.2) is 40.0 Å². The summed E-state index contributed by atoms with van der Waals surface area (Å²) in [5, 5.41) is 0. The van der Waals surface area contributed by atoms with E-state index in [1.807, 2.05) is 19.1 Å². The fraction of sp³-hybridized carbons (Fsp3) is 0.600. The first-order valence-corrected chi connectivity index (χ1v) is 7.07. The van der Waals surface area contributed by atoms with E-state index >= 15 is 0 Å². The minimum atomic E-state index is 0.373. The van der Waals surface area contributed by atoms with Gasteiger partial charge in [-0.25, -0.2) is 0 Å². The van der Waals surface area contributed by atoms with Crippen LogP contribution in [0, 0.1) is 0 Å². The number of nitrogen functional groups attached to an aromatic ring is 1. The molecule has 5 nitrogen and oxygen atoms in total. The smallest absolute Gasteiger partial charge is 0.162 e. The molecule has 1 aliphatic heterocycles. The summed E-state index contributed by atoms with van der Waals surface area (Å²) in [6.45, 7) is 4.72. The van der Waals surface area contributed by atoms with Gasteiger partial charge in [0.2, 0.25) is 0 Å². The van der Waals surface area contributed by atoms with Gasteiger partial charge < -0.3 is 24.8 Å². The number of benzene rings is 1. The highest BCUT2D eigenvalue weighted by molar-refractivity contribution is 5.73. The van der Waals surface area contributed by atoms with Gasteiger partial charge in [0, 0.05) is 31.8 Å². The average Bonchev–Trinajstić information content (AvgIpc) is 2.48. The Bertz CT molecular complexity index is 443. The second-order valence-corrected chi connectivity index (χ2v) is 4.91. The quantitative estimate of drug-likeness (QED) is 0.839. The van der Waals surface area contributed by atoms with E-state index in [0.717, 1.165) is 43.9 Å². The third-order valence-corrected chi connectivity index (χ3v) is 3.72. The predicted molar refractivity (Wildman–Crippen MR) is 80.8 cm³/mol. The van der Waals surface area contributed by atoms with Gasteiger partial charge in [0.1, 0.15) is 0 Å². The monoisotopic (exact) mass is 280 g/mol. The van der Waals surface area contributed by atoms with Crippen molar-refractivity contribution in [3.8, 4) is 11.5 Å². The molecule has 1 saturated heterocycles. The minimum absolute atomic E-state index is 0.373. The SMILES string of the molecule is CCOC1CCN(c2cc(OC)c(OC)cc2N)CC1. The van der Waals surface area contributed by atoms with E-state index in [4.69, 9.17) is 19.9 Å². The number of nitrogens with two attached hydrogens (primary N) is 1. The Morgan fingerprint density at radius 2 is 1.75 bits per heavy atom. The summed E-state index contributed by atoms with van der Waals surface area (Å²) in [5.74, 6) is 1.38. The van der Waals surface area contributed by atoms with Gasteiger partial charge in [-0.05, 0) is 19.8 Å². The second kappa shape index (κ2) is 6.70. The van der Waals surface area contributed by atoms with Gasteiger partial charge in [0.05, 0.1) is 31.7 Å². The first-order chi connectivity index (χ1) is 9.69. The molecule has 5 heteroatoms. The molecular formula is C15H24N2O3. The van der Waals surface area contributed by atoms with Gasteiger partial charge in [0.15, 0.2) is 11.5 Å². The zero-order valence-electron chi connectivity index (χ0n) is 12.5. The van der Waals surface area contributed by atoms with Gasteiger partial charge >= 0.3 is 0 Å². The van der Waals surface area contributed by atoms with E-state index in [0.29, 0.717) is 17.6 Å². The Balaban J connectivity index is 2.13. The van der Waals surface area contributed by atoms with Crippen LogP contribution in [0.1, 0.15) is 19.8 Å². The van der Waals surface area contributed by atoms with Crippen LogP contribution in [0.15, 0.2) is 12.1 Å². The van der Waals surface area contributed by atoms with Gasteiger partial charge in [-0.1, -0.05) is 0 Å². The summed E-state index contributed by atoms with van der Waals surface area (Å²) in [7, 11) is 3.25. The fourth-order valence-corrected chi connectivity index (χ4v) is 2.66. The van der Waals surface area contributed by atoms with Gasteiger partial charge in [-0.15, -0.1) is 0 Å². The zero-order chi connectivity index (χ0) is 14.5. The Labute approximate surface area is 120 Å². The van der Waals surface area contributed by atoms with Gasteiger partial charge in [-0.2, -0.15) is 0 Å². The molecule has 0 spiro atoms. The summed E-state index contributed by atoms with van der Waals surface area (Å²) in [5.41, 5.74) is 7.87. The van der Waals surface area contributed by atoms with E-state index < -0.39 is 0 Å². The number of rotatable bonds is 5. The van der Waals surface area contributed by atoms with Crippen molar-refractivity contribution in [2.75, 3.05) is 44.5 Å². The van der Waals surface area contributed by atoms with Crippen molar-refractivity contribution < 1.29 is 14.2 Å². The van der Waals surface area contributed by atoms with Crippen molar-refractivity contribution in [2.24, 2.45) is 0 Å². The molecule has 2 N–H and O–H groups in total. The third kappa shape index (κ3) is 3.10. The van der Waals surface area contributed by atoms with Crippen LogP contribution in [0.2, 0.25) is 0 Å². The van der Waals surface area contributed by atoms with Crippen LogP contribution in [0.25, 0.3) is 0 Å². The molecule has 1 fully saturated rings. The van der Waals surface area contributed by atoms with Crippen LogP contribution in [0.4, 0.5) is 11.4 Å². The highest BCUT2D eigenvalue weighted by atomic mass is 16.5. The molecule has 1 aliphatic rings. The Hall–Kier alpha value is -1.62. The summed E-state index contributed by atoms with van der Waals surface area (Å²) in [6, 6.07) is 3.78. The van der Waals surface area contributed by atoms with Crippen LogP contribution < -0.4 is 20.1 Å². The standard InChI is InChI=1S/C15H24N2O3/c1-4-20-11-5-7-17(8-6-11)13-10-15(19-3)14(18-2)9-12(13)16/h9-11H,4-8,16H2,1-3H3. The predicted octanol–water partition coefficient (Wildman–Crippen LogP) is 2.29. The Morgan fingerprint density at radius 3 is 2.30 bits per heavy atom. The zero-order valence-corrected chi connectivity index (χ0v) is 12.5. The Morgan fingerprint density at radius 1 is 1.15 bits per heavy atom. The lowest BCUT2D eigenvalue weighted by Crippen LogP contribution is -2.37. The van der Waals surface area contributed by atoms with E-state index in [2.05, 4.69) is 4.90 Å². The minimum Gasteiger partial charge on any atom is -0.493 e. The molecule has 2 rings (SSSR count). The van der Waals surface area contributed by atoms with Crippen molar-refractivity contribution >= 4 is 11.4 Å². The summed E-state index contributed by atoms with van der Waals surface area (Å²) < 4.78 is 16.3. The molecule has 0 unspecified atom stereocenters. The number of ether oxygens (including phenoxy) is 3. The normalized spacial score (nSPS) is 16.2. The third-order valence-electron chi connectivity index (χ3n) is 3.72. The van der Waals surface area contributed by atoms with E-state index in [1.54, 1.807) is 14.2 Å². The maximum atomic E-state index is 6.14. The van der Waals surface area contributed by atoms with E-state index in [9.17, 15) is 0 Å². The first-order valence-electron chi connectivity index (χ1n) is 7.07. The van der Waals surface area contributed by atoms with E-state index in [-0.39, 0.29) is 0 Å². The largest absolute Gasteiger partial charge is 0.493 e. The molecule has 1 aromatic carbocycles. The van der Waals surface area contributed by atoms with Crippen molar-refractivity contribution in [3.05, 3.63) is 12.1 Å². The molecule has 0 aromatic heterocycles. The van der Waals surface area contributed by atoms with Crippen LogP contribution >= 0.6 is 0 Å². The highest BCUT2D eigenvalue weighted by Gasteiger charge is 2.22. The number of methoxy groups -OCH3 is 2. The number of anilines is 2. The maximum Gasteiger partial charge on any atom is 0.162 e. The molecular weight excluding hydrogens is 256 g/mol. The lowest BCUT2D eigenvalue weighted by Gasteiger charge is -2.34. The molecule has 0 saturated carbocycles. The number of piperidine rings is 1. The van der Waals surface area contributed by atoms with Crippen molar-refractivity contribution in [1.29, 1.82) is 0 Å². The molecule has 0 amide bonds. The van der Waals surface area contributed by atoms with Crippen molar-refractivity contribution in [3.63, 3.8) is 0 Å². The lowest BCUT2D eigenvalue weighted by atomic mass is 10.1. The molecule has 0 radical (unpaired) electrons. The van der Waals surface area contributed by atoms with Gasteiger partial charge in [-0.3, -0.25) is 0 Å². The lowest BCUT2D eigenvalue weighted by molar-refractivity contribution is 0.0459. The van der Waals surface area contributed by atoms with Crippen molar-refractivity contribution in [1.82, 2.24) is 0 Å². The second-order valence-electron chi connectivity index (χ2n) is 4.91. The topological polar surface area (TPSA) is 57.0 Å². The number of hydrogen-bond acceptors (Lipinski definition) is 5. The molecule has 0 bridgehead atoms. The summed E-state index contributed by atoms with van der Waals surface area (Å²) >= 11 is 0. The molecule has 0 aliphatic carbocycles. The average molecular weight is 280 g/mol. The molecule has 1 aromatic rings. The first kappa shape index (κ1) is 14.8. The molecule has 112 valence electrons. The maximum absolute atomic E-state index is 6.14. The fourth-order valence-electron chi connectivity index (χ4n) is 2.66. The molecule has 1 heterocycles. The van der Waals surface area contributed by atoms with E-state index in [1.165, 1.54) is 0 Å². The Kier molecular flexibility index (Phi) is 4.95. The summed E-state index contributed by atoms with van der Waals surface area (Å²) in [4.78, 5) is 2.28. The van der Waals surface area contributed by atoms with Crippen molar-refractivity contribution in [2.45, 2.75) is 25.9 Å². The number of hydrogen-bond donors (Lipinski definition) is 1. The molecule has 0 atom stereocenters.